The third-order valence-electron chi connectivity index (χ3n) is 5.45. The van der Waals surface area contributed by atoms with Crippen LogP contribution in [-0.4, -0.2) is 88.9 Å². The number of carbonyl (C=O) groups is 2. The maximum atomic E-state index is 12.9. The highest BCUT2D eigenvalue weighted by molar-refractivity contribution is 5.93. The van der Waals surface area contributed by atoms with Crippen LogP contribution in [0.2, 0.25) is 0 Å². The Balaban J connectivity index is 1.38. The van der Waals surface area contributed by atoms with Crippen LogP contribution in [0.15, 0.2) is 36.8 Å². The first-order valence-corrected chi connectivity index (χ1v) is 9.89. The molecule has 9 nitrogen and oxygen atoms in total. The first kappa shape index (κ1) is 19.1. The first-order chi connectivity index (χ1) is 14.1. The molecular formula is C20H25N7O2. The second-order valence-corrected chi connectivity index (χ2v) is 7.22. The van der Waals surface area contributed by atoms with Crippen LogP contribution in [0.3, 0.4) is 0 Å². The van der Waals surface area contributed by atoms with Crippen molar-refractivity contribution in [3.8, 4) is 0 Å². The maximum absolute atomic E-state index is 12.9. The van der Waals surface area contributed by atoms with Crippen molar-refractivity contribution in [3.05, 3.63) is 42.5 Å². The van der Waals surface area contributed by atoms with Gasteiger partial charge in [-0.1, -0.05) is 0 Å². The topological polar surface area (TPSA) is 85.8 Å². The van der Waals surface area contributed by atoms with E-state index >= 15 is 0 Å². The van der Waals surface area contributed by atoms with E-state index in [0.717, 1.165) is 37.8 Å². The van der Waals surface area contributed by atoms with Gasteiger partial charge < -0.3 is 19.6 Å². The smallest absolute Gasteiger partial charge is 0.272 e. The summed E-state index contributed by atoms with van der Waals surface area (Å²) in [4.78, 5) is 45.2. The molecule has 0 aliphatic carbocycles. The van der Waals surface area contributed by atoms with Crippen LogP contribution in [-0.2, 0) is 4.79 Å². The molecule has 2 saturated heterocycles. The lowest BCUT2D eigenvalue weighted by atomic mass is 10.2. The van der Waals surface area contributed by atoms with Crippen molar-refractivity contribution < 1.29 is 9.59 Å². The Morgan fingerprint density at radius 3 is 2.07 bits per heavy atom. The molecule has 4 rings (SSSR count). The fourth-order valence-electron chi connectivity index (χ4n) is 3.74. The zero-order valence-corrected chi connectivity index (χ0v) is 16.6. The van der Waals surface area contributed by atoms with Crippen molar-refractivity contribution in [2.24, 2.45) is 0 Å². The quantitative estimate of drug-likeness (QED) is 0.748. The summed E-state index contributed by atoms with van der Waals surface area (Å²) in [5.74, 6) is 0.728. The Morgan fingerprint density at radius 1 is 0.793 bits per heavy atom. The van der Waals surface area contributed by atoms with Gasteiger partial charge in [0.05, 0.1) is 0 Å². The first-order valence-electron chi connectivity index (χ1n) is 9.89. The summed E-state index contributed by atoms with van der Waals surface area (Å²) in [6.45, 7) is 7.09. The highest BCUT2D eigenvalue weighted by Gasteiger charge is 2.25. The number of amides is 2. The second-order valence-electron chi connectivity index (χ2n) is 7.22. The predicted molar refractivity (Wildman–Crippen MR) is 109 cm³/mol. The van der Waals surface area contributed by atoms with Gasteiger partial charge in [-0.2, -0.15) is 0 Å². The van der Waals surface area contributed by atoms with Gasteiger partial charge in [-0.3, -0.25) is 14.6 Å². The van der Waals surface area contributed by atoms with Gasteiger partial charge in [-0.05, 0) is 18.2 Å². The van der Waals surface area contributed by atoms with E-state index in [1.807, 2.05) is 18.2 Å². The van der Waals surface area contributed by atoms with Crippen molar-refractivity contribution >= 4 is 23.5 Å². The number of aromatic nitrogens is 3. The molecule has 29 heavy (non-hydrogen) atoms. The van der Waals surface area contributed by atoms with Gasteiger partial charge >= 0.3 is 0 Å². The molecule has 0 aromatic carbocycles. The molecule has 2 aromatic rings. The fraction of sp³-hybridized carbons (Fsp3) is 0.450. The SMILES string of the molecule is CC(=O)N1CCN(C(=O)c2cc(N3CCN(c4ncccn4)CC3)ccn2)CC1. The lowest BCUT2D eigenvalue weighted by Gasteiger charge is -2.36. The molecule has 2 aliphatic rings. The Kier molecular flexibility index (Phi) is 5.55. The normalized spacial score (nSPS) is 17.4. The van der Waals surface area contributed by atoms with Crippen molar-refractivity contribution in [1.29, 1.82) is 0 Å². The van der Waals surface area contributed by atoms with E-state index in [4.69, 9.17) is 0 Å². The summed E-state index contributed by atoms with van der Waals surface area (Å²) in [6.07, 6.45) is 5.21. The van der Waals surface area contributed by atoms with Crippen LogP contribution in [0.5, 0.6) is 0 Å². The Hall–Kier alpha value is -3.23. The van der Waals surface area contributed by atoms with Crippen molar-refractivity contribution in [2.75, 3.05) is 62.2 Å². The zero-order chi connectivity index (χ0) is 20.2. The summed E-state index contributed by atoms with van der Waals surface area (Å²) in [5, 5.41) is 0. The molecule has 0 unspecified atom stereocenters. The molecular weight excluding hydrogens is 370 g/mol. The van der Waals surface area contributed by atoms with Crippen LogP contribution in [0.4, 0.5) is 11.6 Å². The molecule has 4 heterocycles. The van der Waals surface area contributed by atoms with E-state index in [9.17, 15) is 9.59 Å². The van der Waals surface area contributed by atoms with Gasteiger partial charge in [0.25, 0.3) is 5.91 Å². The van der Waals surface area contributed by atoms with Crippen molar-refractivity contribution in [1.82, 2.24) is 24.8 Å². The summed E-state index contributed by atoms with van der Waals surface area (Å²) in [7, 11) is 0. The standard InChI is InChI=1S/C20H25N7O2/c1-16(28)24-7-11-26(12-8-24)19(29)18-15-17(3-6-21-18)25-9-13-27(14-10-25)20-22-4-2-5-23-20/h2-6,15H,7-14H2,1H3. The van der Waals surface area contributed by atoms with E-state index in [1.165, 1.54) is 0 Å². The third kappa shape index (κ3) is 4.28. The fourth-order valence-corrected chi connectivity index (χ4v) is 3.74. The number of rotatable bonds is 3. The van der Waals surface area contributed by atoms with E-state index in [1.54, 1.807) is 35.3 Å². The molecule has 2 fully saturated rings. The molecule has 2 amide bonds. The number of hydrogen-bond donors (Lipinski definition) is 0. The molecule has 0 radical (unpaired) electrons. The molecule has 0 bridgehead atoms. The number of hydrogen-bond acceptors (Lipinski definition) is 7. The molecule has 2 aromatic heterocycles. The van der Waals surface area contributed by atoms with Crippen LogP contribution in [0.25, 0.3) is 0 Å². The molecule has 0 atom stereocenters. The average Bonchev–Trinajstić information content (AvgIpc) is 2.79. The monoisotopic (exact) mass is 395 g/mol. The number of piperazine rings is 2. The molecule has 0 N–H and O–H groups in total. The van der Waals surface area contributed by atoms with Crippen LogP contribution in [0.1, 0.15) is 17.4 Å². The number of nitrogens with zero attached hydrogens (tertiary/aromatic N) is 7. The minimum atomic E-state index is -0.0774. The molecule has 0 spiro atoms. The second kappa shape index (κ2) is 8.42. The van der Waals surface area contributed by atoms with Gasteiger partial charge in [0.15, 0.2) is 0 Å². The summed E-state index contributed by atoms with van der Waals surface area (Å²) in [5.41, 5.74) is 1.45. The Morgan fingerprint density at radius 2 is 1.41 bits per heavy atom. The Bertz CT molecular complexity index is 860. The minimum Gasteiger partial charge on any atom is -0.368 e. The van der Waals surface area contributed by atoms with Crippen molar-refractivity contribution in [2.45, 2.75) is 6.92 Å². The summed E-state index contributed by atoms with van der Waals surface area (Å²) < 4.78 is 0. The largest absolute Gasteiger partial charge is 0.368 e. The average molecular weight is 395 g/mol. The van der Waals surface area contributed by atoms with Gasteiger partial charge in [-0.25, -0.2) is 9.97 Å². The van der Waals surface area contributed by atoms with Gasteiger partial charge in [0, 0.05) is 83.6 Å². The van der Waals surface area contributed by atoms with E-state index in [0.29, 0.717) is 31.9 Å². The highest BCUT2D eigenvalue weighted by Crippen LogP contribution is 2.19. The number of carbonyl (C=O) groups excluding carboxylic acids is 2. The maximum Gasteiger partial charge on any atom is 0.272 e. The Labute approximate surface area is 170 Å². The molecule has 9 heteroatoms. The summed E-state index contributed by atoms with van der Waals surface area (Å²) >= 11 is 0. The van der Waals surface area contributed by atoms with Gasteiger partial charge in [0.1, 0.15) is 5.69 Å². The number of pyridine rings is 1. The van der Waals surface area contributed by atoms with E-state index in [-0.39, 0.29) is 11.8 Å². The lowest BCUT2D eigenvalue weighted by molar-refractivity contribution is -0.130. The van der Waals surface area contributed by atoms with Crippen LogP contribution >= 0.6 is 0 Å². The molecule has 2 aliphatic heterocycles. The van der Waals surface area contributed by atoms with Gasteiger partial charge in [0.2, 0.25) is 11.9 Å². The lowest BCUT2D eigenvalue weighted by Crippen LogP contribution is -2.50. The van der Waals surface area contributed by atoms with Crippen LogP contribution in [0, 0.1) is 0 Å². The molecule has 152 valence electrons. The third-order valence-corrected chi connectivity index (χ3v) is 5.45. The predicted octanol–water partition coefficient (Wildman–Crippen LogP) is 0.503. The zero-order valence-electron chi connectivity index (χ0n) is 16.6. The minimum absolute atomic E-state index is 0.0530. The number of anilines is 2. The molecule has 0 saturated carbocycles. The van der Waals surface area contributed by atoms with E-state index < -0.39 is 0 Å². The van der Waals surface area contributed by atoms with Crippen LogP contribution < -0.4 is 9.80 Å². The van der Waals surface area contributed by atoms with E-state index in [2.05, 4.69) is 24.8 Å². The van der Waals surface area contributed by atoms with Gasteiger partial charge in [-0.15, -0.1) is 0 Å². The summed E-state index contributed by atoms with van der Waals surface area (Å²) in [6, 6.07) is 5.63. The highest BCUT2D eigenvalue weighted by atomic mass is 16.2. The van der Waals surface area contributed by atoms with Crippen molar-refractivity contribution in [3.63, 3.8) is 0 Å².